The monoisotopic (exact) mass is 402 g/mol. The molecule has 1 aliphatic heterocycles. The molecular weight excluding hydrogens is 380 g/mol. The molecule has 2 heterocycles. The number of amides is 3. The lowest BCUT2D eigenvalue weighted by Gasteiger charge is -2.26. The highest BCUT2D eigenvalue weighted by molar-refractivity contribution is 6.06. The summed E-state index contributed by atoms with van der Waals surface area (Å²) in [5.74, 6) is 0.245. The van der Waals surface area contributed by atoms with Crippen LogP contribution in [0.4, 0.5) is 22.1 Å². The maximum absolute atomic E-state index is 13.0. The molecule has 8 nitrogen and oxygen atoms in total. The number of para-hydroxylation sites is 1. The van der Waals surface area contributed by atoms with Crippen LogP contribution in [0.5, 0.6) is 0 Å². The SMILES string of the molecule is O=C(c1ccc(NC(=O)N(c2ccccc2)c2ncncn2)cc1)N1CCCCC1. The van der Waals surface area contributed by atoms with Crippen LogP contribution in [-0.4, -0.2) is 44.9 Å². The van der Waals surface area contributed by atoms with Gasteiger partial charge < -0.3 is 10.2 Å². The Hall–Kier alpha value is -3.81. The van der Waals surface area contributed by atoms with Crippen molar-refractivity contribution in [3.8, 4) is 0 Å². The van der Waals surface area contributed by atoms with Crippen LogP contribution in [0.1, 0.15) is 29.6 Å². The van der Waals surface area contributed by atoms with Crippen molar-refractivity contribution in [1.29, 1.82) is 0 Å². The Morgan fingerprint density at radius 2 is 1.53 bits per heavy atom. The van der Waals surface area contributed by atoms with Crippen molar-refractivity contribution in [2.45, 2.75) is 19.3 Å². The van der Waals surface area contributed by atoms with Crippen LogP contribution in [0.3, 0.4) is 0 Å². The molecule has 4 rings (SSSR count). The van der Waals surface area contributed by atoms with Gasteiger partial charge in [0.05, 0.1) is 5.69 Å². The van der Waals surface area contributed by atoms with Gasteiger partial charge >= 0.3 is 6.03 Å². The fraction of sp³-hybridized carbons (Fsp3) is 0.227. The number of likely N-dealkylation sites (tertiary alicyclic amines) is 1. The number of anilines is 3. The number of hydrogen-bond acceptors (Lipinski definition) is 5. The summed E-state index contributed by atoms with van der Waals surface area (Å²) < 4.78 is 0. The lowest BCUT2D eigenvalue weighted by molar-refractivity contribution is 0.0724. The molecule has 0 radical (unpaired) electrons. The van der Waals surface area contributed by atoms with Crippen LogP contribution < -0.4 is 10.2 Å². The van der Waals surface area contributed by atoms with E-state index in [4.69, 9.17) is 0 Å². The summed E-state index contributed by atoms with van der Waals surface area (Å²) in [4.78, 5) is 40.9. The average molecular weight is 402 g/mol. The molecule has 0 bridgehead atoms. The molecule has 1 aliphatic rings. The molecule has 1 fully saturated rings. The van der Waals surface area contributed by atoms with E-state index in [1.807, 2.05) is 23.1 Å². The molecule has 30 heavy (non-hydrogen) atoms. The third-order valence-electron chi connectivity index (χ3n) is 4.92. The van der Waals surface area contributed by atoms with Gasteiger partial charge in [-0.2, -0.15) is 0 Å². The number of benzene rings is 2. The largest absolute Gasteiger partial charge is 0.339 e. The molecule has 0 spiro atoms. The first kappa shape index (κ1) is 19.5. The Morgan fingerprint density at radius 1 is 0.867 bits per heavy atom. The van der Waals surface area contributed by atoms with Gasteiger partial charge in [-0.3, -0.25) is 4.79 Å². The van der Waals surface area contributed by atoms with E-state index in [0.717, 1.165) is 25.9 Å². The molecular formula is C22H22N6O2. The molecule has 1 aromatic heterocycles. The van der Waals surface area contributed by atoms with Gasteiger partial charge in [-0.15, -0.1) is 0 Å². The number of aromatic nitrogens is 3. The number of nitrogens with one attached hydrogen (secondary N) is 1. The maximum atomic E-state index is 13.0. The second-order valence-corrected chi connectivity index (χ2v) is 6.97. The minimum Gasteiger partial charge on any atom is -0.339 e. The van der Waals surface area contributed by atoms with E-state index in [0.29, 0.717) is 16.9 Å². The van der Waals surface area contributed by atoms with Crippen LogP contribution in [0.15, 0.2) is 67.3 Å². The first-order valence-corrected chi connectivity index (χ1v) is 9.90. The van der Waals surface area contributed by atoms with Gasteiger partial charge in [-0.1, -0.05) is 18.2 Å². The molecule has 1 saturated heterocycles. The summed E-state index contributed by atoms with van der Waals surface area (Å²) in [6.45, 7) is 1.60. The standard InChI is InChI=1S/C22H22N6O2/c29-20(27-13-5-2-6-14-27)17-9-11-18(12-10-17)26-22(30)28(19-7-3-1-4-8-19)21-24-15-23-16-25-21/h1,3-4,7-12,15-16H,2,5-6,13-14H2,(H,26,30). The summed E-state index contributed by atoms with van der Waals surface area (Å²) in [5.41, 5.74) is 1.82. The van der Waals surface area contributed by atoms with E-state index >= 15 is 0 Å². The van der Waals surface area contributed by atoms with Crippen molar-refractivity contribution in [2.24, 2.45) is 0 Å². The van der Waals surface area contributed by atoms with Gasteiger partial charge in [-0.05, 0) is 55.7 Å². The number of rotatable bonds is 4. The molecule has 0 atom stereocenters. The first-order chi connectivity index (χ1) is 14.7. The highest BCUT2D eigenvalue weighted by Gasteiger charge is 2.21. The zero-order chi connectivity index (χ0) is 20.8. The summed E-state index contributed by atoms with van der Waals surface area (Å²) in [7, 11) is 0. The molecule has 3 amide bonds. The van der Waals surface area contributed by atoms with Gasteiger partial charge in [0, 0.05) is 24.3 Å². The Kier molecular flexibility index (Phi) is 5.93. The lowest BCUT2D eigenvalue weighted by atomic mass is 10.1. The zero-order valence-electron chi connectivity index (χ0n) is 16.4. The molecule has 3 aromatic rings. The summed E-state index contributed by atoms with van der Waals surface area (Å²) in [5, 5.41) is 2.85. The molecule has 8 heteroatoms. The van der Waals surface area contributed by atoms with Gasteiger partial charge in [0.25, 0.3) is 5.91 Å². The third kappa shape index (κ3) is 4.43. The summed E-state index contributed by atoms with van der Waals surface area (Å²) >= 11 is 0. The fourth-order valence-corrected chi connectivity index (χ4v) is 3.40. The Bertz CT molecular complexity index is 950. The summed E-state index contributed by atoms with van der Waals surface area (Å²) in [6.07, 6.45) is 5.95. The number of carbonyl (C=O) groups excluding carboxylic acids is 2. The number of piperidine rings is 1. The Morgan fingerprint density at radius 3 is 2.20 bits per heavy atom. The van der Waals surface area contributed by atoms with Crippen molar-refractivity contribution >= 4 is 29.3 Å². The van der Waals surface area contributed by atoms with Crippen molar-refractivity contribution < 1.29 is 9.59 Å². The minimum atomic E-state index is -0.414. The fourth-order valence-electron chi connectivity index (χ4n) is 3.40. The van der Waals surface area contributed by atoms with Crippen LogP contribution >= 0.6 is 0 Å². The molecule has 1 N–H and O–H groups in total. The first-order valence-electron chi connectivity index (χ1n) is 9.90. The summed E-state index contributed by atoms with van der Waals surface area (Å²) in [6, 6.07) is 15.6. The predicted octanol–water partition coefficient (Wildman–Crippen LogP) is 3.87. The highest BCUT2D eigenvalue weighted by Crippen LogP contribution is 2.23. The van der Waals surface area contributed by atoms with Crippen LogP contribution in [-0.2, 0) is 0 Å². The van der Waals surface area contributed by atoms with E-state index in [9.17, 15) is 9.59 Å². The molecule has 0 aliphatic carbocycles. The molecule has 152 valence electrons. The number of urea groups is 1. The quantitative estimate of drug-likeness (QED) is 0.715. The Balaban J connectivity index is 1.50. The van der Waals surface area contributed by atoms with E-state index in [-0.39, 0.29) is 11.9 Å². The Labute approximate surface area is 174 Å². The number of nitrogens with zero attached hydrogens (tertiary/aromatic N) is 5. The third-order valence-corrected chi connectivity index (χ3v) is 4.92. The van der Waals surface area contributed by atoms with E-state index < -0.39 is 6.03 Å². The van der Waals surface area contributed by atoms with Gasteiger partial charge in [-0.25, -0.2) is 24.6 Å². The van der Waals surface area contributed by atoms with Crippen molar-refractivity contribution in [3.05, 3.63) is 72.8 Å². The van der Waals surface area contributed by atoms with Gasteiger partial charge in [0.15, 0.2) is 0 Å². The van der Waals surface area contributed by atoms with Crippen LogP contribution in [0.2, 0.25) is 0 Å². The van der Waals surface area contributed by atoms with Gasteiger partial charge in [0.1, 0.15) is 12.7 Å². The normalized spacial score (nSPS) is 13.5. The lowest BCUT2D eigenvalue weighted by Crippen LogP contribution is -2.35. The molecule has 0 unspecified atom stereocenters. The highest BCUT2D eigenvalue weighted by atomic mass is 16.2. The maximum Gasteiger partial charge on any atom is 0.333 e. The molecule has 0 saturated carbocycles. The van der Waals surface area contributed by atoms with Crippen molar-refractivity contribution in [2.75, 3.05) is 23.3 Å². The van der Waals surface area contributed by atoms with Crippen molar-refractivity contribution in [1.82, 2.24) is 19.9 Å². The van der Waals surface area contributed by atoms with E-state index in [2.05, 4.69) is 20.3 Å². The topological polar surface area (TPSA) is 91.3 Å². The second-order valence-electron chi connectivity index (χ2n) is 6.97. The van der Waals surface area contributed by atoms with E-state index in [1.54, 1.807) is 36.4 Å². The van der Waals surface area contributed by atoms with Crippen molar-refractivity contribution in [3.63, 3.8) is 0 Å². The second kappa shape index (κ2) is 9.13. The average Bonchev–Trinajstić information content (AvgIpc) is 2.81. The number of hydrogen-bond donors (Lipinski definition) is 1. The number of carbonyl (C=O) groups is 2. The van der Waals surface area contributed by atoms with Crippen LogP contribution in [0, 0.1) is 0 Å². The zero-order valence-corrected chi connectivity index (χ0v) is 16.4. The smallest absolute Gasteiger partial charge is 0.333 e. The predicted molar refractivity (Wildman–Crippen MR) is 114 cm³/mol. The molecule has 2 aromatic carbocycles. The van der Waals surface area contributed by atoms with Gasteiger partial charge in [0.2, 0.25) is 5.95 Å². The minimum absolute atomic E-state index is 0.0312. The van der Waals surface area contributed by atoms with E-state index in [1.165, 1.54) is 24.0 Å². The van der Waals surface area contributed by atoms with Crippen LogP contribution in [0.25, 0.3) is 0 Å².